The van der Waals surface area contributed by atoms with E-state index in [1.54, 1.807) is 6.92 Å². The minimum Gasteiger partial charge on any atom is -0.342 e. The minimum absolute atomic E-state index is 0.000978. The zero-order valence-electron chi connectivity index (χ0n) is 16.8. The summed E-state index contributed by atoms with van der Waals surface area (Å²) in [6.07, 6.45) is 5.32. The highest BCUT2D eigenvalue weighted by Crippen LogP contribution is 2.37. The van der Waals surface area contributed by atoms with Crippen LogP contribution in [0.15, 0.2) is 0 Å². The first-order valence-corrected chi connectivity index (χ1v) is 10.4. The molecule has 0 radical (unpaired) electrons. The van der Waals surface area contributed by atoms with Gasteiger partial charge in [0.25, 0.3) is 0 Å². The average molecular weight is 365 g/mol. The van der Waals surface area contributed by atoms with Gasteiger partial charge >= 0.3 is 0 Å². The fourth-order valence-corrected chi connectivity index (χ4v) is 4.68. The number of ketones is 1. The number of piperazine rings is 1. The standard InChI is InChI=1S/C20H36N4O2/c1-16(25)18-4-5-19(18)20(26)23-10-7-17(8-11-23)6-9-22-12-14-24(15-13-22)21(2)3/h17-19H,4-15H2,1-3H3. The van der Waals surface area contributed by atoms with Crippen molar-refractivity contribution in [3.63, 3.8) is 0 Å². The van der Waals surface area contributed by atoms with Crippen LogP contribution in [0.25, 0.3) is 0 Å². The molecule has 6 nitrogen and oxygen atoms in total. The predicted octanol–water partition coefficient (Wildman–Crippen LogP) is 1.32. The van der Waals surface area contributed by atoms with Gasteiger partial charge in [0.1, 0.15) is 5.78 Å². The van der Waals surface area contributed by atoms with Gasteiger partial charge < -0.3 is 9.80 Å². The van der Waals surface area contributed by atoms with Crippen molar-refractivity contribution in [1.82, 2.24) is 19.8 Å². The van der Waals surface area contributed by atoms with Crippen LogP contribution in [-0.2, 0) is 9.59 Å². The molecule has 6 heteroatoms. The Kier molecular flexibility index (Phi) is 6.70. The Morgan fingerprint density at radius 3 is 2.00 bits per heavy atom. The Balaban J connectivity index is 1.34. The molecule has 0 N–H and O–H groups in total. The van der Waals surface area contributed by atoms with Crippen LogP contribution in [0.1, 0.15) is 39.0 Å². The number of carbonyl (C=O) groups excluding carboxylic acids is 2. The van der Waals surface area contributed by atoms with E-state index >= 15 is 0 Å². The molecule has 2 unspecified atom stereocenters. The second kappa shape index (κ2) is 8.81. The first-order valence-electron chi connectivity index (χ1n) is 10.4. The topological polar surface area (TPSA) is 47.1 Å². The quantitative estimate of drug-likeness (QED) is 0.711. The van der Waals surface area contributed by atoms with Crippen molar-refractivity contribution in [2.24, 2.45) is 17.8 Å². The van der Waals surface area contributed by atoms with E-state index in [0.29, 0.717) is 0 Å². The zero-order chi connectivity index (χ0) is 18.7. The Labute approximate surface area is 158 Å². The molecule has 2 saturated heterocycles. The molecule has 0 aromatic rings. The maximum atomic E-state index is 12.6. The predicted molar refractivity (Wildman–Crippen MR) is 103 cm³/mol. The normalized spacial score (nSPS) is 29.0. The van der Waals surface area contributed by atoms with Crippen molar-refractivity contribution in [3.8, 4) is 0 Å². The summed E-state index contributed by atoms with van der Waals surface area (Å²) < 4.78 is 0. The molecule has 2 heterocycles. The van der Waals surface area contributed by atoms with Crippen molar-refractivity contribution in [1.29, 1.82) is 0 Å². The van der Waals surface area contributed by atoms with Crippen LogP contribution in [0.3, 0.4) is 0 Å². The van der Waals surface area contributed by atoms with Gasteiger partial charge in [0.05, 0.1) is 0 Å². The summed E-state index contributed by atoms with van der Waals surface area (Å²) in [5.41, 5.74) is 0. The lowest BCUT2D eigenvalue weighted by Gasteiger charge is -2.41. The van der Waals surface area contributed by atoms with Gasteiger partial charge in [-0.2, -0.15) is 0 Å². The summed E-state index contributed by atoms with van der Waals surface area (Å²) in [6, 6.07) is 0. The number of rotatable bonds is 6. The Morgan fingerprint density at radius 1 is 0.885 bits per heavy atom. The number of hydrogen-bond acceptors (Lipinski definition) is 5. The van der Waals surface area contributed by atoms with Gasteiger partial charge in [-0.05, 0) is 51.5 Å². The van der Waals surface area contributed by atoms with Crippen molar-refractivity contribution in [2.45, 2.75) is 39.0 Å². The average Bonchev–Trinajstić information content (AvgIpc) is 2.59. The van der Waals surface area contributed by atoms with Gasteiger partial charge in [-0.15, -0.1) is 0 Å². The third kappa shape index (κ3) is 4.65. The highest BCUT2D eigenvalue weighted by molar-refractivity contribution is 5.89. The molecule has 3 fully saturated rings. The molecule has 1 aliphatic carbocycles. The first kappa shape index (κ1) is 19.8. The molecule has 148 valence electrons. The summed E-state index contributed by atoms with van der Waals surface area (Å²) >= 11 is 0. The van der Waals surface area contributed by atoms with Gasteiger partial charge in [-0.25, -0.2) is 10.0 Å². The summed E-state index contributed by atoms with van der Waals surface area (Å²) in [6.45, 7) is 9.16. The van der Waals surface area contributed by atoms with E-state index in [1.165, 1.54) is 13.0 Å². The maximum absolute atomic E-state index is 12.6. The van der Waals surface area contributed by atoms with Crippen LogP contribution < -0.4 is 0 Å². The summed E-state index contributed by atoms with van der Waals surface area (Å²) in [5, 5.41) is 4.60. The number of carbonyl (C=O) groups is 2. The number of piperidine rings is 1. The molecule has 0 aromatic heterocycles. The monoisotopic (exact) mass is 364 g/mol. The molecule has 0 bridgehead atoms. The Hall–Kier alpha value is -0.980. The van der Waals surface area contributed by atoms with Gasteiger partial charge in [0.15, 0.2) is 0 Å². The second-order valence-corrected chi connectivity index (χ2v) is 8.60. The van der Waals surface area contributed by atoms with Gasteiger partial charge in [-0.1, -0.05) is 0 Å². The van der Waals surface area contributed by atoms with E-state index < -0.39 is 0 Å². The lowest BCUT2D eigenvalue weighted by Crippen LogP contribution is -2.51. The first-order chi connectivity index (χ1) is 12.5. The van der Waals surface area contributed by atoms with E-state index in [-0.39, 0.29) is 23.5 Å². The van der Waals surface area contributed by atoms with Gasteiger partial charge in [0, 0.05) is 65.2 Å². The number of amides is 1. The zero-order valence-corrected chi connectivity index (χ0v) is 16.8. The molecule has 0 spiro atoms. The molecule has 2 aliphatic heterocycles. The molecular formula is C20H36N4O2. The van der Waals surface area contributed by atoms with Crippen LogP contribution in [0.5, 0.6) is 0 Å². The smallest absolute Gasteiger partial charge is 0.226 e. The van der Waals surface area contributed by atoms with Gasteiger partial charge in [0.2, 0.25) is 5.91 Å². The van der Waals surface area contributed by atoms with Crippen LogP contribution in [0.4, 0.5) is 0 Å². The van der Waals surface area contributed by atoms with Crippen molar-refractivity contribution >= 4 is 11.7 Å². The number of Topliss-reactive ketones (excluding diaryl/α,β-unsaturated/α-hetero) is 1. The molecule has 1 saturated carbocycles. The van der Waals surface area contributed by atoms with Crippen molar-refractivity contribution < 1.29 is 9.59 Å². The highest BCUT2D eigenvalue weighted by atomic mass is 16.2. The summed E-state index contributed by atoms with van der Waals surface area (Å²) in [7, 11) is 4.24. The minimum atomic E-state index is -0.0166. The molecule has 3 rings (SSSR count). The number of hydrazine groups is 1. The number of nitrogens with zero attached hydrogens (tertiary/aromatic N) is 4. The van der Waals surface area contributed by atoms with Crippen molar-refractivity contribution in [3.05, 3.63) is 0 Å². The highest BCUT2D eigenvalue weighted by Gasteiger charge is 2.41. The van der Waals surface area contributed by atoms with Gasteiger partial charge in [-0.3, -0.25) is 9.59 Å². The van der Waals surface area contributed by atoms with E-state index in [0.717, 1.165) is 70.9 Å². The third-order valence-electron chi connectivity index (χ3n) is 6.81. The van der Waals surface area contributed by atoms with E-state index in [4.69, 9.17) is 0 Å². The maximum Gasteiger partial charge on any atom is 0.226 e. The Bertz CT molecular complexity index is 494. The largest absolute Gasteiger partial charge is 0.342 e. The molecule has 26 heavy (non-hydrogen) atoms. The van der Waals surface area contributed by atoms with Crippen LogP contribution in [-0.4, -0.2) is 91.4 Å². The second-order valence-electron chi connectivity index (χ2n) is 8.60. The lowest BCUT2D eigenvalue weighted by molar-refractivity contribution is -0.147. The van der Waals surface area contributed by atoms with Crippen molar-refractivity contribution in [2.75, 3.05) is 59.9 Å². The fourth-order valence-electron chi connectivity index (χ4n) is 4.68. The van der Waals surface area contributed by atoms with Crippen LogP contribution in [0.2, 0.25) is 0 Å². The molecule has 3 aliphatic rings. The lowest BCUT2D eigenvalue weighted by atomic mass is 9.70. The molecule has 1 amide bonds. The number of hydrogen-bond donors (Lipinski definition) is 0. The third-order valence-corrected chi connectivity index (χ3v) is 6.81. The van der Waals surface area contributed by atoms with Crippen LogP contribution >= 0.6 is 0 Å². The summed E-state index contributed by atoms with van der Waals surface area (Å²) in [5.74, 6) is 1.17. The SMILES string of the molecule is CC(=O)C1CCC1C(=O)N1CCC(CCN2CCN(N(C)C)CC2)CC1. The van der Waals surface area contributed by atoms with E-state index in [1.807, 2.05) is 4.90 Å². The van der Waals surface area contributed by atoms with Crippen LogP contribution in [0, 0.1) is 17.8 Å². The van der Waals surface area contributed by atoms with E-state index in [9.17, 15) is 9.59 Å². The summed E-state index contributed by atoms with van der Waals surface area (Å²) in [4.78, 5) is 28.9. The molecule has 2 atom stereocenters. The Morgan fingerprint density at radius 2 is 1.50 bits per heavy atom. The van der Waals surface area contributed by atoms with E-state index in [2.05, 4.69) is 29.0 Å². The number of likely N-dealkylation sites (tertiary alicyclic amines) is 1. The fraction of sp³-hybridized carbons (Fsp3) is 0.900. The molecule has 0 aromatic carbocycles. The molecular weight excluding hydrogens is 328 g/mol.